The molecule has 86 valence electrons. The number of ether oxygens (including phenoxy) is 1. The van der Waals surface area contributed by atoms with Crippen LogP contribution in [-0.2, 0) is 9.53 Å². The van der Waals surface area contributed by atoms with Crippen LogP contribution in [0.3, 0.4) is 0 Å². The molecule has 0 radical (unpaired) electrons. The lowest BCUT2D eigenvalue weighted by Crippen LogP contribution is -1.80. The van der Waals surface area contributed by atoms with Gasteiger partial charge in [0, 0.05) is 6.20 Å². The lowest BCUT2D eigenvalue weighted by atomic mass is 10.3. The third kappa shape index (κ3) is 19.5. The Morgan fingerprint density at radius 2 is 2.20 bits per heavy atom. The SMILES string of the molecule is C=N/C=C\C=C(\Br)CCC.CCOC=O. The van der Waals surface area contributed by atoms with Gasteiger partial charge in [-0.15, -0.1) is 0 Å². The molecule has 3 nitrogen and oxygen atoms in total. The Hall–Kier alpha value is -0.900. The van der Waals surface area contributed by atoms with E-state index in [2.05, 4.69) is 39.3 Å². The fraction of sp³-hybridized carbons (Fsp3) is 0.455. The third-order valence-electron chi connectivity index (χ3n) is 1.19. The number of carbonyl (C=O) groups is 1. The number of rotatable bonds is 6. The second-order valence-corrected chi connectivity index (χ2v) is 3.46. The van der Waals surface area contributed by atoms with Gasteiger partial charge in [-0.25, -0.2) is 0 Å². The summed E-state index contributed by atoms with van der Waals surface area (Å²) in [7, 11) is 0. The van der Waals surface area contributed by atoms with Crippen molar-refractivity contribution in [1.29, 1.82) is 0 Å². The molecule has 4 heteroatoms. The van der Waals surface area contributed by atoms with Gasteiger partial charge in [-0.2, -0.15) is 0 Å². The Morgan fingerprint density at radius 1 is 1.53 bits per heavy atom. The number of allylic oxidation sites excluding steroid dienone is 3. The van der Waals surface area contributed by atoms with E-state index in [0.29, 0.717) is 13.1 Å². The summed E-state index contributed by atoms with van der Waals surface area (Å²) >= 11 is 3.42. The summed E-state index contributed by atoms with van der Waals surface area (Å²) in [5.41, 5.74) is 0. The van der Waals surface area contributed by atoms with Crippen LogP contribution < -0.4 is 0 Å². The van der Waals surface area contributed by atoms with E-state index < -0.39 is 0 Å². The van der Waals surface area contributed by atoms with Gasteiger partial charge >= 0.3 is 0 Å². The summed E-state index contributed by atoms with van der Waals surface area (Å²) < 4.78 is 5.36. The Bertz CT molecular complexity index is 213. The minimum atomic E-state index is 0.431. The van der Waals surface area contributed by atoms with Gasteiger partial charge in [-0.3, -0.25) is 9.79 Å². The molecular weight excluding hydrogens is 258 g/mol. The lowest BCUT2D eigenvalue weighted by Gasteiger charge is -1.89. The Balaban J connectivity index is 0. The normalized spacial score (nSPS) is 10.5. The third-order valence-corrected chi connectivity index (χ3v) is 1.85. The second-order valence-electron chi connectivity index (χ2n) is 2.44. The van der Waals surface area contributed by atoms with Gasteiger partial charge in [0.05, 0.1) is 6.61 Å². The van der Waals surface area contributed by atoms with Crippen LogP contribution >= 0.6 is 15.9 Å². The quantitative estimate of drug-likeness (QED) is 0.423. The van der Waals surface area contributed by atoms with E-state index in [1.54, 1.807) is 13.1 Å². The van der Waals surface area contributed by atoms with Crippen molar-refractivity contribution in [2.75, 3.05) is 6.61 Å². The molecule has 0 unspecified atom stereocenters. The molecule has 0 heterocycles. The van der Waals surface area contributed by atoms with Crippen molar-refractivity contribution in [2.24, 2.45) is 4.99 Å². The van der Waals surface area contributed by atoms with Crippen molar-refractivity contribution >= 4 is 29.1 Å². The predicted octanol–water partition coefficient (Wildman–Crippen LogP) is 3.46. The number of halogens is 1. The highest BCUT2D eigenvalue weighted by Crippen LogP contribution is 2.11. The van der Waals surface area contributed by atoms with E-state index in [-0.39, 0.29) is 0 Å². The minimum absolute atomic E-state index is 0.431. The largest absolute Gasteiger partial charge is 0.468 e. The zero-order valence-electron chi connectivity index (χ0n) is 9.28. The Labute approximate surface area is 100 Å². The fourth-order valence-corrected chi connectivity index (χ4v) is 1.15. The zero-order valence-corrected chi connectivity index (χ0v) is 10.9. The smallest absolute Gasteiger partial charge is 0.293 e. The number of hydrogen-bond acceptors (Lipinski definition) is 3. The first-order chi connectivity index (χ1) is 7.22. The summed E-state index contributed by atoms with van der Waals surface area (Å²) in [6.07, 6.45) is 7.76. The molecule has 0 rings (SSSR count). The monoisotopic (exact) mass is 275 g/mol. The van der Waals surface area contributed by atoms with E-state index in [0.717, 1.165) is 12.8 Å². The number of hydrogen-bond donors (Lipinski definition) is 0. The van der Waals surface area contributed by atoms with Gasteiger partial charge < -0.3 is 4.74 Å². The second kappa shape index (κ2) is 15.6. The molecule has 0 atom stereocenters. The maximum atomic E-state index is 9.18. The standard InChI is InChI=1S/C8H12BrN.C3H6O2/c1-3-5-8(9)6-4-7-10-2;1-2-5-3-4/h4,6-7H,2-3,5H2,1H3;3H,2H2,1H3/b7-4-,8-6+;. The molecule has 15 heavy (non-hydrogen) atoms. The Morgan fingerprint density at radius 3 is 2.53 bits per heavy atom. The highest BCUT2D eigenvalue weighted by molar-refractivity contribution is 9.11. The molecule has 0 saturated heterocycles. The molecule has 0 bridgehead atoms. The van der Waals surface area contributed by atoms with Crippen LogP contribution in [0.5, 0.6) is 0 Å². The molecule has 0 aromatic carbocycles. The average Bonchev–Trinajstić information content (AvgIpc) is 2.21. The first-order valence-electron chi connectivity index (χ1n) is 4.75. The molecule has 0 saturated carbocycles. The molecular formula is C11H18BrNO2. The van der Waals surface area contributed by atoms with E-state index in [1.807, 2.05) is 12.2 Å². The van der Waals surface area contributed by atoms with Gasteiger partial charge in [-0.1, -0.05) is 35.4 Å². The van der Waals surface area contributed by atoms with Crippen LogP contribution in [0, 0.1) is 0 Å². The Kier molecular flexibility index (Phi) is 17.2. The van der Waals surface area contributed by atoms with Crippen LogP contribution in [0.15, 0.2) is 27.8 Å². The van der Waals surface area contributed by atoms with Crippen LogP contribution in [0.2, 0.25) is 0 Å². The molecule has 0 aromatic heterocycles. The van der Waals surface area contributed by atoms with E-state index in [1.165, 1.54) is 4.48 Å². The van der Waals surface area contributed by atoms with Gasteiger partial charge in [0.1, 0.15) is 0 Å². The summed E-state index contributed by atoms with van der Waals surface area (Å²) in [6.45, 7) is 8.13. The van der Waals surface area contributed by atoms with Gasteiger partial charge in [0.25, 0.3) is 6.47 Å². The van der Waals surface area contributed by atoms with Crippen molar-refractivity contribution in [3.05, 3.63) is 22.8 Å². The van der Waals surface area contributed by atoms with E-state index in [4.69, 9.17) is 0 Å². The minimum Gasteiger partial charge on any atom is -0.468 e. The summed E-state index contributed by atoms with van der Waals surface area (Å²) in [4.78, 5) is 12.8. The highest BCUT2D eigenvalue weighted by atomic mass is 79.9. The zero-order chi connectivity index (χ0) is 11.9. The van der Waals surface area contributed by atoms with Crippen molar-refractivity contribution < 1.29 is 9.53 Å². The first-order valence-corrected chi connectivity index (χ1v) is 5.54. The van der Waals surface area contributed by atoms with Crippen LogP contribution in [0.1, 0.15) is 26.7 Å². The molecule has 0 N–H and O–H groups in total. The molecule has 0 aliphatic rings. The molecule has 0 fully saturated rings. The predicted molar refractivity (Wildman–Crippen MR) is 68.3 cm³/mol. The van der Waals surface area contributed by atoms with Gasteiger partial charge in [0.15, 0.2) is 0 Å². The summed E-state index contributed by atoms with van der Waals surface area (Å²) in [6, 6.07) is 0. The first kappa shape index (κ1) is 16.5. The summed E-state index contributed by atoms with van der Waals surface area (Å²) in [5.74, 6) is 0. The number of nitrogens with zero attached hydrogens (tertiary/aromatic N) is 1. The number of aliphatic imine (C=N–C) groups is 1. The van der Waals surface area contributed by atoms with Gasteiger partial charge in [0.2, 0.25) is 0 Å². The molecule has 0 spiro atoms. The van der Waals surface area contributed by atoms with Crippen LogP contribution in [-0.4, -0.2) is 19.8 Å². The van der Waals surface area contributed by atoms with Crippen molar-refractivity contribution in [1.82, 2.24) is 0 Å². The highest BCUT2D eigenvalue weighted by Gasteiger charge is 1.84. The van der Waals surface area contributed by atoms with E-state index in [9.17, 15) is 4.79 Å². The van der Waals surface area contributed by atoms with E-state index >= 15 is 0 Å². The number of carbonyl (C=O) groups excluding carboxylic acids is 1. The fourth-order valence-electron chi connectivity index (χ4n) is 0.599. The van der Waals surface area contributed by atoms with Crippen molar-refractivity contribution in [3.8, 4) is 0 Å². The maximum Gasteiger partial charge on any atom is 0.293 e. The van der Waals surface area contributed by atoms with Crippen LogP contribution in [0.25, 0.3) is 0 Å². The lowest BCUT2D eigenvalue weighted by molar-refractivity contribution is -0.128. The molecule has 0 amide bonds. The average molecular weight is 276 g/mol. The molecule has 0 aliphatic carbocycles. The molecule has 0 aliphatic heterocycles. The topological polar surface area (TPSA) is 38.7 Å². The van der Waals surface area contributed by atoms with Gasteiger partial charge in [-0.05, 0) is 30.6 Å². The van der Waals surface area contributed by atoms with Crippen molar-refractivity contribution in [2.45, 2.75) is 26.7 Å². The van der Waals surface area contributed by atoms with Crippen LogP contribution in [0.4, 0.5) is 0 Å². The maximum absolute atomic E-state index is 9.18. The van der Waals surface area contributed by atoms with Crippen molar-refractivity contribution in [3.63, 3.8) is 0 Å². The summed E-state index contributed by atoms with van der Waals surface area (Å²) in [5, 5.41) is 0. The molecule has 0 aromatic rings.